The third-order valence-electron chi connectivity index (χ3n) is 4.02. The molecule has 0 heterocycles. The first-order valence-corrected chi connectivity index (χ1v) is 7.70. The predicted octanol–water partition coefficient (Wildman–Crippen LogP) is 4.01. The van der Waals surface area contributed by atoms with E-state index in [1.54, 1.807) is 18.2 Å². The molecule has 0 bridgehead atoms. The second kappa shape index (κ2) is 6.57. The van der Waals surface area contributed by atoms with Crippen molar-refractivity contribution in [3.63, 3.8) is 0 Å². The van der Waals surface area contributed by atoms with E-state index in [9.17, 15) is 9.59 Å². The fourth-order valence-corrected chi connectivity index (χ4v) is 2.63. The zero-order valence-electron chi connectivity index (χ0n) is 13.0. The molecule has 1 aliphatic rings. The minimum Gasteiger partial charge on any atom is -0.322 e. The highest BCUT2D eigenvalue weighted by Gasteiger charge is 2.26. The number of hydrogen-bond acceptors (Lipinski definition) is 3. The van der Waals surface area contributed by atoms with Gasteiger partial charge in [-0.05, 0) is 36.8 Å². The van der Waals surface area contributed by atoms with Crippen molar-refractivity contribution in [2.75, 3.05) is 5.32 Å². The lowest BCUT2D eigenvalue weighted by Gasteiger charge is -2.06. The van der Waals surface area contributed by atoms with E-state index in [0.29, 0.717) is 24.1 Å². The molecule has 23 heavy (non-hydrogen) atoms. The summed E-state index contributed by atoms with van der Waals surface area (Å²) in [6, 6.07) is 16.5. The van der Waals surface area contributed by atoms with Gasteiger partial charge in [0.1, 0.15) is 5.78 Å². The quantitative estimate of drug-likeness (QED) is 0.931. The zero-order valence-corrected chi connectivity index (χ0v) is 13.0. The number of para-hydroxylation sites is 1. The first-order chi connectivity index (χ1) is 11.1. The van der Waals surface area contributed by atoms with Gasteiger partial charge in [0.2, 0.25) is 0 Å². The first kappa shape index (κ1) is 15.2. The third kappa shape index (κ3) is 3.54. The molecule has 4 nitrogen and oxygen atoms in total. The van der Waals surface area contributed by atoms with Gasteiger partial charge in [0.15, 0.2) is 0 Å². The molecule has 2 aromatic rings. The van der Waals surface area contributed by atoms with Crippen LogP contribution in [0.15, 0.2) is 59.6 Å². The van der Waals surface area contributed by atoms with Crippen molar-refractivity contribution in [3.05, 3.63) is 60.2 Å². The number of nitrogens with one attached hydrogen (secondary N) is 1. The number of nitrogens with zero attached hydrogens (tertiary/aromatic N) is 1. The minimum absolute atomic E-state index is 0.114. The smallest absolute Gasteiger partial charge is 0.255 e. The van der Waals surface area contributed by atoms with Crippen molar-refractivity contribution in [3.8, 4) is 0 Å². The second-order valence-corrected chi connectivity index (χ2v) is 5.66. The fourth-order valence-electron chi connectivity index (χ4n) is 2.63. The number of Topliss-reactive ketones (excluding diaryl/α,β-unsaturated/α-hetero) is 1. The number of amides is 1. The van der Waals surface area contributed by atoms with E-state index in [-0.39, 0.29) is 17.6 Å². The van der Waals surface area contributed by atoms with Gasteiger partial charge in [-0.15, -0.1) is 0 Å². The minimum atomic E-state index is -0.172. The van der Waals surface area contributed by atoms with Gasteiger partial charge < -0.3 is 5.32 Å². The number of carbonyl (C=O) groups excluding carboxylic acids is 2. The average Bonchev–Trinajstić information content (AvgIpc) is 2.88. The lowest BCUT2D eigenvalue weighted by Crippen LogP contribution is -2.11. The Morgan fingerprint density at radius 2 is 1.87 bits per heavy atom. The normalized spacial score (nSPS) is 19.1. The molecule has 1 saturated carbocycles. The van der Waals surface area contributed by atoms with Crippen LogP contribution in [0.1, 0.15) is 30.1 Å². The number of aliphatic imine (C=N–C) groups is 1. The van der Waals surface area contributed by atoms with Crippen molar-refractivity contribution >= 4 is 28.8 Å². The van der Waals surface area contributed by atoms with Crippen LogP contribution in [-0.4, -0.2) is 17.4 Å². The van der Waals surface area contributed by atoms with Crippen LogP contribution in [0, 0.1) is 5.92 Å². The summed E-state index contributed by atoms with van der Waals surface area (Å²) >= 11 is 0. The molecule has 4 heteroatoms. The summed E-state index contributed by atoms with van der Waals surface area (Å²) in [5.41, 5.74) is 2.91. The van der Waals surface area contributed by atoms with Gasteiger partial charge >= 0.3 is 0 Å². The summed E-state index contributed by atoms with van der Waals surface area (Å²) in [5, 5.41) is 2.85. The van der Waals surface area contributed by atoms with Crippen LogP contribution in [0.5, 0.6) is 0 Å². The molecule has 116 valence electrons. The highest BCUT2D eigenvalue weighted by Crippen LogP contribution is 2.23. The molecule has 0 radical (unpaired) electrons. The lowest BCUT2D eigenvalue weighted by atomic mass is 10.1. The molecule has 1 aliphatic carbocycles. The van der Waals surface area contributed by atoms with Crippen LogP contribution < -0.4 is 5.32 Å². The van der Waals surface area contributed by atoms with Crippen LogP contribution >= 0.6 is 0 Å². The zero-order chi connectivity index (χ0) is 16.2. The Morgan fingerprint density at radius 1 is 1.09 bits per heavy atom. The van der Waals surface area contributed by atoms with Crippen molar-refractivity contribution < 1.29 is 9.59 Å². The molecule has 1 atom stereocenters. The van der Waals surface area contributed by atoms with Gasteiger partial charge in [0, 0.05) is 23.4 Å². The highest BCUT2D eigenvalue weighted by molar-refractivity contribution is 6.11. The monoisotopic (exact) mass is 306 g/mol. The fraction of sp³-hybridized carbons (Fsp3) is 0.211. The van der Waals surface area contributed by atoms with Gasteiger partial charge in [0.05, 0.1) is 11.6 Å². The average molecular weight is 306 g/mol. The maximum atomic E-state index is 12.3. The van der Waals surface area contributed by atoms with Crippen molar-refractivity contribution in [2.45, 2.75) is 19.8 Å². The van der Waals surface area contributed by atoms with E-state index in [1.165, 1.54) is 0 Å². The van der Waals surface area contributed by atoms with E-state index in [4.69, 9.17) is 0 Å². The van der Waals surface area contributed by atoms with E-state index < -0.39 is 0 Å². The molecule has 1 N–H and O–H groups in total. The van der Waals surface area contributed by atoms with Gasteiger partial charge in [-0.25, -0.2) is 0 Å². The van der Waals surface area contributed by atoms with Crippen LogP contribution in [0.2, 0.25) is 0 Å². The Bertz CT molecular complexity index is 766. The van der Waals surface area contributed by atoms with Crippen molar-refractivity contribution in [2.24, 2.45) is 10.9 Å². The predicted molar refractivity (Wildman–Crippen MR) is 91.3 cm³/mol. The van der Waals surface area contributed by atoms with E-state index in [0.717, 1.165) is 11.4 Å². The molecule has 0 saturated heterocycles. The van der Waals surface area contributed by atoms with Gasteiger partial charge in [-0.2, -0.15) is 0 Å². The molecule has 0 spiro atoms. The molecule has 1 unspecified atom stereocenters. The lowest BCUT2D eigenvalue weighted by molar-refractivity contribution is -0.119. The highest BCUT2D eigenvalue weighted by atomic mass is 16.1. The molecule has 1 fully saturated rings. The van der Waals surface area contributed by atoms with E-state index in [2.05, 4.69) is 10.3 Å². The Morgan fingerprint density at radius 3 is 2.57 bits per heavy atom. The van der Waals surface area contributed by atoms with E-state index in [1.807, 2.05) is 43.3 Å². The SMILES string of the molecule is CC1C(=O)CCC1=Nc1cccc(C(=O)Nc2ccccc2)c1. The number of rotatable bonds is 3. The number of benzene rings is 2. The van der Waals surface area contributed by atoms with Crippen LogP contribution in [-0.2, 0) is 4.79 Å². The Kier molecular flexibility index (Phi) is 4.33. The number of carbonyl (C=O) groups is 2. The van der Waals surface area contributed by atoms with E-state index >= 15 is 0 Å². The number of hydrogen-bond donors (Lipinski definition) is 1. The summed E-state index contributed by atoms with van der Waals surface area (Å²) in [6.45, 7) is 1.89. The van der Waals surface area contributed by atoms with Gasteiger partial charge in [-0.3, -0.25) is 14.6 Å². The molecule has 1 amide bonds. The summed E-state index contributed by atoms with van der Waals surface area (Å²) < 4.78 is 0. The number of anilines is 1. The maximum Gasteiger partial charge on any atom is 0.255 e. The van der Waals surface area contributed by atoms with Crippen molar-refractivity contribution in [1.82, 2.24) is 0 Å². The summed E-state index contributed by atoms with van der Waals surface area (Å²) in [7, 11) is 0. The number of ketones is 1. The molecule has 0 aliphatic heterocycles. The van der Waals surface area contributed by atoms with Crippen LogP contribution in [0.3, 0.4) is 0 Å². The largest absolute Gasteiger partial charge is 0.322 e. The third-order valence-corrected chi connectivity index (χ3v) is 4.02. The van der Waals surface area contributed by atoms with Crippen LogP contribution in [0.4, 0.5) is 11.4 Å². The summed E-state index contributed by atoms with van der Waals surface area (Å²) in [6.07, 6.45) is 1.27. The standard InChI is InChI=1S/C19H18N2O2/c1-13-17(10-11-18(13)22)20-16-9-5-6-14(12-16)19(23)21-15-7-3-2-4-8-15/h2-9,12-13H,10-11H2,1H3,(H,21,23). The molecule has 3 rings (SSSR count). The van der Waals surface area contributed by atoms with Gasteiger partial charge in [-0.1, -0.05) is 31.2 Å². The summed E-state index contributed by atoms with van der Waals surface area (Å²) in [5.74, 6) is -0.0488. The maximum absolute atomic E-state index is 12.3. The second-order valence-electron chi connectivity index (χ2n) is 5.66. The first-order valence-electron chi connectivity index (χ1n) is 7.70. The van der Waals surface area contributed by atoms with Crippen LogP contribution in [0.25, 0.3) is 0 Å². The topological polar surface area (TPSA) is 58.5 Å². The molecule has 0 aromatic heterocycles. The molecular weight excluding hydrogens is 288 g/mol. The van der Waals surface area contributed by atoms with Crippen molar-refractivity contribution in [1.29, 1.82) is 0 Å². The summed E-state index contributed by atoms with van der Waals surface area (Å²) in [4.78, 5) is 28.5. The van der Waals surface area contributed by atoms with Gasteiger partial charge in [0.25, 0.3) is 5.91 Å². The Balaban J connectivity index is 1.79. The molecule has 2 aromatic carbocycles. The molecular formula is C19H18N2O2. The Labute approximate surface area is 135 Å². The Hall–Kier alpha value is -2.75.